The van der Waals surface area contributed by atoms with Gasteiger partial charge in [0.25, 0.3) is 0 Å². The van der Waals surface area contributed by atoms with Crippen LogP contribution in [0.3, 0.4) is 0 Å². The summed E-state index contributed by atoms with van der Waals surface area (Å²) in [6.07, 6.45) is 2.76. The van der Waals surface area contributed by atoms with Crippen LogP contribution < -0.4 is 19.9 Å². The Bertz CT molecular complexity index is 670. The summed E-state index contributed by atoms with van der Waals surface area (Å²) in [6.45, 7) is 7.97. The lowest BCUT2D eigenvalue weighted by molar-refractivity contribution is 0.415. The molecular formula is C18H26N6O. The minimum Gasteiger partial charge on any atom is -0.497 e. The van der Waals surface area contributed by atoms with Gasteiger partial charge in [-0.05, 0) is 37.6 Å². The van der Waals surface area contributed by atoms with Crippen LogP contribution in [0.4, 0.5) is 17.5 Å². The first-order valence-electron chi connectivity index (χ1n) is 8.79. The van der Waals surface area contributed by atoms with Crippen molar-refractivity contribution in [3.63, 3.8) is 0 Å². The van der Waals surface area contributed by atoms with Crippen molar-refractivity contribution in [2.75, 3.05) is 48.4 Å². The lowest BCUT2D eigenvalue weighted by Gasteiger charge is -2.36. The van der Waals surface area contributed by atoms with Crippen LogP contribution in [0.5, 0.6) is 5.75 Å². The monoisotopic (exact) mass is 342 g/mol. The summed E-state index contributed by atoms with van der Waals surface area (Å²) < 4.78 is 5.22. The smallest absolute Gasteiger partial charge is 0.244 e. The Morgan fingerprint density at radius 1 is 1.12 bits per heavy atom. The first-order chi connectivity index (χ1) is 12.2. The van der Waals surface area contributed by atoms with Gasteiger partial charge in [-0.1, -0.05) is 6.92 Å². The highest BCUT2D eigenvalue weighted by atomic mass is 16.5. The molecule has 1 saturated heterocycles. The van der Waals surface area contributed by atoms with E-state index < -0.39 is 0 Å². The Morgan fingerprint density at radius 2 is 1.80 bits per heavy atom. The molecule has 1 aromatic heterocycles. The molecule has 1 atom stereocenters. The fourth-order valence-corrected chi connectivity index (χ4v) is 2.82. The van der Waals surface area contributed by atoms with E-state index in [1.54, 1.807) is 13.3 Å². The van der Waals surface area contributed by atoms with Crippen molar-refractivity contribution in [1.29, 1.82) is 0 Å². The number of nitrogens with one attached hydrogen (secondary N) is 1. The maximum absolute atomic E-state index is 5.22. The number of methoxy groups -OCH3 is 1. The number of aromatic nitrogens is 3. The van der Waals surface area contributed by atoms with Crippen molar-refractivity contribution < 1.29 is 4.74 Å². The molecule has 1 aromatic carbocycles. The number of rotatable bonds is 6. The molecular weight excluding hydrogens is 316 g/mol. The van der Waals surface area contributed by atoms with Crippen LogP contribution in [0, 0.1) is 0 Å². The summed E-state index contributed by atoms with van der Waals surface area (Å²) in [4.78, 5) is 9.25. The van der Waals surface area contributed by atoms with Crippen LogP contribution in [0.2, 0.25) is 0 Å². The van der Waals surface area contributed by atoms with Gasteiger partial charge in [0.15, 0.2) is 5.82 Å². The number of anilines is 3. The largest absolute Gasteiger partial charge is 0.497 e. The van der Waals surface area contributed by atoms with Gasteiger partial charge in [-0.2, -0.15) is 10.1 Å². The highest BCUT2D eigenvalue weighted by molar-refractivity contribution is 5.51. The summed E-state index contributed by atoms with van der Waals surface area (Å²) in [5, 5.41) is 11.5. The Morgan fingerprint density at radius 3 is 2.44 bits per heavy atom. The van der Waals surface area contributed by atoms with E-state index in [1.807, 2.05) is 12.1 Å². The maximum atomic E-state index is 5.22. The normalized spacial score (nSPS) is 15.8. The number of ether oxygens (including phenoxy) is 1. The molecule has 1 fully saturated rings. The third-order valence-electron chi connectivity index (χ3n) is 4.58. The molecule has 7 nitrogen and oxygen atoms in total. The average Bonchev–Trinajstić information content (AvgIpc) is 2.68. The van der Waals surface area contributed by atoms with Crippen molar-refractivity contribution >= 4 is 17.5 Å². The zero-order valence-corrected chi connectivity index (χ0v) is 15.1. The standard InChI is InChI=1S/C18H26N6O/c1-4-14(2)20-18-21-17(13-19-22-18)24-11-9-23(10-12-24)15-5-7-16(25-3)8-6-15/h5-8,13-14H,4,9-12H2,1-3H3,(H,20,21,22). The number of hydrogen-bond donors (Lipinski definition) is 1. The van der Waals surface area contributed by atoms with Crippen molar-refractivity contribution in [2.24, 2.45) is 0 Å². The zero-order chi connectivity index (χ0) is 17.6. The van der Waals surface area contributed by atoms with E-state index in [-0.39, 0.29) is 0 Å². The van der Waals surface area contributed by atoms with Crippen molar-refractivity contribution in [2.45, 2.75) is 26.3 Å². The molecule has 7 heteroatoms. The molecule has 0 saturated carbocycles. The molecule has 1 unspecified atom stereocenters. The summed E-state index contributed by atoms with van der Waals surface area (Å²) in [7, 11) is 1.69. The van der Waals surface area contributed by atoms with Crippen LogP contribution in [-0.2, 0) is 0 Å². The molecule has 0 amide bonds. The van der Waals surface area contributed by atoms with Crippen molar-refractivity contribution in [1.82, 2.24) is 15.2 Å². The predicted octanol–water partition coefficient (Wildman–Crippen LogP) is 2.42. The SMILES string of the molecule is CCC(C)Nc1nncc(N2CCN(c3ccc(OC)cc3)CC2)n1. The fourth-order valence-electron chi connectivity index (χ4n) is 2.82. The van der Waals surface area contributed by atoms with E-state index in [4.69, 9.17) is 4.74 Å². The van der Waals surface area contributed by atoms with Gasteiger partial charge in [-0.15, -0.1) is 5.10 Å². The second-order valence-corrected chi connectivity index (χ2v) is 6.26. The van der Waals surface area contributed by atoms with Crippen LogP contribution in [-0.4, -0.2) is 54.5 Å². The minimum atomic E-state index is 0.337. The van der Waals surface area contributed by atoms with Gasteiger partial charge in [0, 0.05) is 37.9 Å². The van der Waals surface area contributed by atoms with Gasteiger partial charge in [-0.25, -0.2) is 0 Å². The molecule has 3 rings (SSSR count). The van der Waals surface area contributed by atoms with Gasteiger partial charge in [0.1, 0.15) is 5.75 Å². The Balaban J connectivity index is 1.61. The topological polar surface area (TPSA) is 66.4 Å². The second kappa shape index (κ2) is 8.00. The van der Waals surface area contributed by atoms with Gasteiger partial charge in [0.2, 0.25) is 5.95 Å². The van der Waals surface area contributed by atoms with Crippen molar-refractivity contribution in [3.8, 4) is 5.75 Å². The van der Waals surface area contributed by atoms with Gasteiger partial charge in [0.05, 0.1) is 13.3 Å². The quantitative estimate of drug-likeness (QED) is 0.865. The summed E-state index contributed by atoms with van der Waals surface area (Å²) in [5.74, 6) is 2.37. The van der Waals surface area contributed by atoms with Gasteiger partial charge >= 0.3 is 0 Å². The summed E-state index contributed by atoms with van der Waals surface area (Å²) in [6, 6.07) is 8.55. The minimum absolute atomic E-state index is 0.337. The molecule has 1 aliphatic rings. The lowest BCUT2D eigenvalue weighted by atomic mass is 10.2. The fraction of sp³-hybridized carbons (Fsp3) is 0.500. The number of nitrogens with zero attached hydrogens (tertiary/aromatic N) is 5. The average molecular weight is 342 g/mol. The number of piperazine rings is 1. The molecule has 2 aromatic rings. The molecule has 2 heterocycles. The Kier molecular flexibility index (Phi) is 5.53. The molecule has 0 spiro atoms. The second-order valence-electron chi connectivity index (χ2n) is 6.26. The first-order valence-corrected chi connectivity index (χ1v) is 8.79. The van der Waals surface area contributed by atoms with Gasteiger partial charge < -0.3 is 19.9 Å². The van der Waals surface area contributed by atoms with Crippen LogP contribution in [0.15, 0.2) is 30.5 Å². The third kappa shape index (κ3) is 4.29. The Hall–Kier alpha value is -2.57. The number of benzene rings is 1. The highest BCUT2D eigenvalue weighted by Gasteiger charge is 2.19. The summed E-state index contributed by atoms with van der Waals surface area (Å²) >= 11 is 0. The van der Waals surface area contributed by atoms with Gasteiger partial charge in [-0.3, -0.25) is 0 Å². The third-order valence-corrected chi connectivity index (χ3v) is 4.58. The van der Waals surface area contributed by atoms with Crippen LogP contribution >= 0.6 is 0 Å². The molecule has 134 valence electrons. The molecule has 1 aliphatic heterocycles. The van der Waals surface area contributed by atoms with E-state index in [0.717, 1.165) is 44.2 Å². The van der Waals surface area contributed by atoms with E-state index >= 15 is 0 Å². The van der Waals surface area contributed by atoms with E-state index in [2.05, 4.69) is 56.3 Å². The van der Waals surface area contributed by atoms with E-state index in [0.29, 0.717) is 12.0 Å². The Labute approximate surface area is 149 Å². The van der Waals surface area contributed by atoms with E-state index in [9.17, 15) is 0 Å². The highest BCUT2D eigenvalue weighted by Crippen LogP contribution is 2.22. The lowest BCUT2D eigenvalue weighted by Crippen LogP contribution is -2.47. The molecule has 25 heavy (non-hydrogen) atoms. The van der Waals surface area contributed by atoms with Crippen LogP contribution in [0.25, 0.3) is 0 Å². The molecule has 0 bridgehead atoms. The van der Waals surface area contributed by atoms with E-state index in [1.165, 1.54) is 5.69 Å². The maximum Gasteiger partial charge on any atom is 0.244 e. The number of hydrogen-bond acceptors (Lipinski definition) is 7. The summed E-state index contributed by atoms with van der Waals surface area (Å²) in [5.41, 5.74) is 1.22. The first kappa shape index (κ1) is 17.3. The zero-order valence-electron chi connectivity index (χ0n) is 15.1. The molecule has 0 radical (unpaired) electrons. The molecule has 1 N–H and O–H groups in total. The predicted molar refractivity (Wildman–Crippen MR) is 101 cm³/mol. The molecule has 0 aliphatic carbocycles. The van der Waals surface area contributed by atoms with Crippen molar-refractivity contribution in [3.05, 3.63) is 30.5 Å². The van der Waals surface area contributed by atoms with Crippen LogP contribution in [0.1, 0.15) is 20.3 Å².